The van der Waals surface area contributed by atoms with E-state index in [1.807, 2.05) is 53.4 Å². The summed E-state index contributed by atoms with van der Waals surface area (Å²) < 4.78 is 10.8. The van der Waals surface area contributed by atoms with Crippen molar-refractivity contribution in [2.24, 2.45) is 0 Å². The first-order valence-corrected chi connectivity index (χ1v) is 9.78. The van der Waals surface area contributed by atoms with Crippen molar-refractivity contribution in [2.75, 3.05) is 38.9 Å². The lowest BCUT2D eigenvalue weighted by atomic mass is 10.0. The summed E-state index contributed by atoms with van der Waals surface area (Å²) in [5, 5.41) is 0. The number of carbonyl (C=O) groups excluding carboxylic acids is 1. The Balaban J connectivity index is 1.72. The van der Waals surface area contributed by atoms with Crippen molar-refractivity contribution >= 4 is 23.2 Å². The molecule has 0 aromatic heterocycles. The maximum atomic E-state index is 13.4. The van der Waals surface area contributed by atoms with Crippen LogP contribution in [0.1, 0.15) is 30.4 Å². The average molecular weight is 378 g/mol. The van der Waals surface area contributed by atoms with Gasteiger partial charge >= 0.3 is 0 Å². The molecule has 0 spiro atoms. The molecular formula is C23H26N2O3. The molecule has 2 aromatic rings. The van der Waals surface area contributed by atoms with E-state index < -0.39 is 0 Å². The third-order valence-electron chi connectivity index (χ3n) is 5.49. The number of amides is 1. The van der Waals surface area contributed by atoms with Gasteiger partial charge in [-0.3, -0.25) is 14.6 Å². The van der Waals surface area contributed by atoms with Crippen LogP contribution in [0.5, 0.6) is 11.5 Å². The molecule has 1 amide bonds. The molecule has 5 nitrogen and oxygen atoms in total. The van der Waals surface area contributed by atoms with Gasteiger partial charge in [-0.1, -0.05) is 24.6 Å². The lowest BCUT2D eigenvalue weighted by Gasteiger charge is -2.30. The van der Waals surface area contributed by atoms with Crippen molar-refractivity contribution in [1.82, 2.24) is 4.90 Å². The molecule has 2 aliphatic rings. The molecule has 1 fully saturated rings. The average Bonchev–Trinajstić information content (AvgIpc) is 3.00. The van der Waals surface area contributed by atoms with E-state index in [1.165, 1.54) is 19.3 Å². The van der Waals surface area contributed by atoms with Gasteiger partial charge in [0.1, 0.15) is 11.5 Å². The van der Waals surface area contributed by atoms with Crippen molar-refractivity contribution in [1.29, 1.82) is 0 Å². The quantitative estimate of drug-likeness (QED) is 0.737. The minimum absolute atomic E-state index is 0.0386. The summed E-state index contributed by atoms with van der Waals surface area (Å²) in [7, 11) is 3.27. The zero-order valence-electron chi connectivity index (χ0n) is 16.5. The smallest absolute Gasteiger partial charge is 0.260 e. The van der Waals surface area contributed by atoms with E-state index in [4.69, 9.17) is 9.47 Å². The third kappa shape index (κ3) is 3.50. The van der Waals surface area contributed by atoms with Gasteiger partial charge in [-0.2, -0.15) is 0 Å². The number of nitrogens with zero attached hydrogens (tertiary/aromatic N) is 2. The van der Waals surface area contributed by atoms with Gasteiger partial charge < -0.3 is 9.47 Å². The Hall–Kier alpha value is -2.79. The maximum absolute atomic E-state index is 13.4. The van der Waals surface area contributed by atoms with E-state index >= 15 is 0 Å². The zero-order chi connectivity index (χ0) is 19.5. The molecule has 0 radical (unpaired) electrons. The van der Waals surface area contributed by atoms with Crippen molar-refractivity contribution in [2.45, 2.75) is 19.3 Å². The molecular weight excluding hydrogens is 352 g/mol. The topological polar surface area (TPSA) is 42.0 Å². The summed E-state index contributed by atoms with van der Waals surface area (Å²) in [5.74, 6) is 1.49. The van der Waals surface area contributed by atoms with Gasteiger partial charge in [0, 0.05) is 16.7 Å². The largest absolute Gasteiger partial charge is 0.497 e. The highest BCUT2D eigenvalue weighted by Gasteiger charge is 2.33. The molecule has 2 heterocycles. The molecule has 0 bridgehead atoms. The van der Waals surface area contributed by atoms with Crippen LogP contribution in [0.15, 0.2) is 42.5 Å². The van der Waals surface area contributed by atoms with Crippen molar-refractivity contribution < 1.29 is 14.3 Å². The monoisotopic (exact) mass is 378 g/mol. The number of ether oxygens (including phenoxy) is 2. The van der Waals surface area contributed by atoms with E-state index in [9.17, 15) is 4.79 Å². The Morgan fingerprint density at radius 2 is 1.79 bits per heavy atom. The third-order valence-corrected chi connectivity index (χ3v) is 5.49. The molecule has 1 saturated heterocycles. The van der Waals surface area contributed by atoms with Gasteiger partial charge in [-0.15, -0.1) is 0 Å². The summed E-state index contributed by atoms with van der Waals surface area (Å²) in [6.45, 7) is 2.74. The molecule has 28 heavy (non-hydrogen) atoms. The van der Waals surface area contributed by atoms with Crippen LogP contribution in [0.25, 0.3) is 11.6 Å². The SMILES string of the molecule is COc1ccc(OC)c(C=C2C(=O)N(CN3CCCCC3)c3ccccc32)c1. The Kier molecular flexibility index (Phi) is 5.35. The Morgan fingerprint density at radius 3 is 2.54 bits per heavy atom. The first-order valence-electron chi connectivity index (χ1n) is 9.78. The summed E-state index contributed by atoms with van der Waals surface area (Å²) in [6.07, 6.45) is 5.60. The fourth-order valence-corrected chi connectivity index (χ4v) is 4.00. The predicted molar refractivity (Wildman–Crippen MR) is 112 cm³/mol. The molecule has 0 aliphatic carbocycles. The van der Waals surface area contributed by atoms with Gasteiger partial charge in [0.25, 0.3) is 5.91 Å². The molecule has 2 aromatic carbocycles. The first kappa shape index (κ1) is 18.6. The zero-order valence-corrected chi connectivity index (χ0v) is 16.5. The van der Waals surface area contributed by atoms with Gasteiger partial charge in [-0.25, -0.2) is 0 Å². The van der Waals surface area contributed by atoms with Crippen molar-refractivity contribution in [3.05, 3.63) is 53.6 Å². The number of piperidine rings is 1. The second-order valence-corrected chi connectivity index (χ2v) is 7.24. The lowest BCUT2D eigenvalue weighted by Crippen LogP contribution is -2.42. The highest BCUT2D eigenvalue weighted by atomic mass is 16.5. The molecule has 4 rings (SSSR count). The standard InChI is InChI=1S/C23H26N2O3/c1-27-18-10-11-22(28-2)17(14-18)15-20-19-8-4-5-9-21(19)25(23(20)26)16-24-12-6-3-7-13-24/h4-5,8-11,14-15H,3,6-7,12-13,16H2,1-2H3. The Morgan fingerprint density at radius 1 is 1.00 bits per heavy atom. The normalized spacial score (nSPS) is 18.4. The molecule has 5 heteroatoms. The number of likely N-dealkylation sites (tertiary alicyclic amines) is 1. The molecule has 146 valence electrons. The second kappa shape index (κ2) is 8.07. The summed E-state index contributed by atoms with van der Waals surface area (Å²) >= 11 is 0. The fourth-order valence-electron chi connectivity index (χ4n) is 4.00. The number of para-hydroxylation sites is 1. The van der Waals surface area contributed by atoms with Crippen LogP contribution in [-0.2, 0) is 4.79 Å². The number of anilines is 1. The maximum Gasteiger partial charge on any atom is 0.260 e. The lowest BCUT2D eigenvalue weighted by molar-refractivity contribution is -0.113. The van der Waals surface area contributed by atoms with Crippen molar-refractivity contribution in [3.63, 3.8) is 0 Å². The van der Waals surface area contributed by atoms with Gasteiger partial charge in [0.05, 0.1) is 26.6 Å². The predicted octanol–water partition coefficient (Wildman–Crippen LogP) is 4.03. The number of benzene rings is 2. The first-order chi connectivity index (χ1) is 13.7. The fraction of sp³-hybridized carbons (Fsp3) is 0.348. The second-order valence-electron chi connectivity index (χ2n) is 7.24. The minimum Gasteiger partial charge on any atom is -0.497 e. The van der Waals surface area contributed by atoms with Crippen LogP contribution in [0, 0.1) is 0 Å². The Bertz CT molecular complexity index is 900. The minimum atomic E-state index is 0.0386. The van der Waals surface area contributed by atoms with Crippen LogP contribution in [0.3, 0.4) is 0 Å². The number of hydrogen-bond acceptors (Lipinski definition) is 4. The van der Waals surface area contributed by atoms with E-state index in [2.05, 4.69) is 4.90 Å². The van der Waals surface area contributed by atoms with Crippen LogP contribution in [-0.4, -0.2) is 44.8 Å². The molecule has 0 atom stereocenters. The van der Waals surface area contributed by atoms with Gasteiger partial charge in [0.15, 0.2) is 0 Å². The molecule has 0 unspecified atom stereocenters. The van der Waals surface area contributed by atoms with E-state index in [1.54, 1.807) is 14.2 Å². The highest BCUT2D eigenvalue weighted by molar-refractivity contribution is 6.35. The molecule has 2 aliphatic heterocycles. The van der Waals surface area contributed by atoms with Gasteiger partial charge in [-0.05, 0) is 56.3 Å². The van der Waals surface area contributed by atoms with Crippen LogP contribution in [0.2, 0.25) is 0 Å². The molecule has 0 saturated carbocycles. The number of carbonyl (C=O) groups is 1. The van der Waals surface area contributed by atoms with E-state index in [0.29, 0.717) is 18.0 Å². The number of rotatable bonds is 5. The molecule has 0 N–H and O–H groups in total. The number of hydrogen-bond donors (Lipinski definition) is 0. The van der Waals surface area contributed by atoms with Gasteiger partial charge in [0.2, 0.25) is 0 Å². The highest BCUT2D eigenvalue weighted by Crippen LogP contribution is 2.39. The van der Waals surface area contributed by atoms with E-state index in [0.717, 1.165) is 35.7 Å². The van der Waals surface area contributed by atoms with Crippen LogP contribution >= 0.6 is 0 Å². The van der Waals surface area contributed by atoms with Crippen molar-refractivity contribution in [3.8, 4) is 11.5 Å². The summed E-state index contributed by atoms with van der Waals surface area (Å²) in [6, 6.07) is 13.6. The number of fused-ring (bicyclic) bond motifs is 1. The summed E-state index contributed by atoms with van der Waals surface area (Å²) in [5.41, 5.74) is 3.47. The summed E-state index contributed by atoms with van der Waals surface area (Å²) in [4.78, 5) is 17.6. The van der Waals surface area contributed by atoms with Crippen LogP contribution in [0.4, 0.5) is 5.69 Å². The van der Waals surface area contributed by atoms with E-state index in [-0.39, 0.29) is 5.91 Å². The Labute approximate surface area is 166 Å². The number of methoxy groups -OCH3 is 2. The van der Waals surface area contributed by atoms with Crippen LogP contribution < -0.4 is 14.4 Å².